The first-order valence-corrected chi connectivity index (χ1v) is 7.82. The van der Waals surface area contributed by atoms with Gasteiger partial charge in [0.25, 0.3) is 0 Å². The maximum absolute atomic E-state index is 5.60. The van der Waals surface area contributed by atoms with Crippen molar-refractivity contribution in [3.05, 3.63) is 0 Å². The van der Waals surface area contributed by atoms with Crippen LogP contribution in [0.15, 0.2) is 4.99 Å². The Balaban J connectivity index is 1.53. The number of hydrogen-bond acceptors (Lipinski definition) is 2. The standard InChI is InChI=1S/C15H27N3O/c1-3-4-12-9-13(12)17-14(16-2)18-7-5-15(10-18)6-8-19-11-15/h12-13H,3-11H2,1-2H3,(H,16,17). The molecule has 0 aromatic rings. The minimum Gasteiger partial charge on any atom is -0.381 e. The van der Waals surface area contributed by atoms with Crippen molar-refractivity contribution >= 4 is 5.96 Å². The summed E-state index contributed by atoms with van der Waals surface area (Å²) in [5.41, 5.74) is 0.421. The number of nitrogens with one attached hydrogen (secondary N) is 1. The van der Waals surface area contributed by atoms with Crippen molar-refractivity contribution in [1.82, 2.24) is 10.2 Å². The number of aliphatic imine (C=N–C) groups is 1. The molecular weight excluding hydrogens is 238 g/mol. The van der Waals surface area contributed by atoms with Gasteiger partial charge in [0.2, 0.25) is 0 Å². The van der Waals surface area contributed by atoms with Gasteiger partial charge in [-0.25, -0.2) is 0 Å². The monoisotopic (exact) mass is 265 g/mol. The van der Waals surface area contributed by atoms with Gasteiger partial charge in [0.1, 0.15) is 0 Å². The normalized spacial score (nSPS) is 38.2. The fourth-order valence-corrected chi connectivity index (χ4v) is 3.66. The number of rotatable bonds is 3. The quantitative estimate of drug-likeness (QED) is 0.625. The molecule has 2 aliphatic heterocycles. The van der Waals surface area contributed by atoms with E-state index in [-0.39, 0.29) is 0 Å². The summed E-state index contributed by atoms with van der Waals surface area (Å²) in [6.45, 7) is 6.42. The average molecular weight is 265 g/mol. The van der Waals surface area contributed by atoms with Gasteiger partial charge in [0.05, 0.1) is 6.61 Å². The molecule has 3 unspecified atom stereocenters. The van der Waals surface area contributed by atoms with Crippen molar-refractivity contribution in [2.45, 2.75) is 45.1 Å². The Bertz CT molecular complexity index is 349. The van der Waals surface area contributed by atoms with E-state index in [1.54, 1.807) is 0 Å². The van der Waals surface area contributed by atoms with Gasteiger partial charge in [-0.15, -0.1) is 0 Å². The number of hydrogen-bond donors (Lipinski definition) is 1. The SMILES string of the molecule is CCCC1CC1NC(=NC)N1CCC2(CCOC2)C1. The van der Waals surface area contributed by atoms with Gasteiger partial charge in [0, 0.05) is 38.2 Å². The lowest BCUT2D eigenvalue weighted by atomic mass is 9.87. The van der Waals surface area contributed by atoms with Crippen LogP contribution < -0.4 is 5.32 Å². The van der Waals surface area contributed by atoms with Crippen LogP contribution in [0.5, 0.6) is 0 Å². The third-order valence-corrected chi connectivity index (χ3v) is 5.03. The molecule has 3 rings (SSSR count). The van der Waals surface area contributed by atoms with Gasteiger partial charge < -0.3 is 15.0 Å². The van der Waals surface area contributed by atoms with E-state index in [0.29, 0.717) is 11.5 Å². The molecule has 0 bridgehead atoms. The predicted molar refractivity (Wildman–Crippen MR) is 77.4 cm³/mol. The van der Waals surface area contributed by atoms with Crippen molar-refractivity contribution < 1.29 is 4.74 Å². The van der Waals surface area contributed by atoms with Crippen molar-refractivity contribution in [1.29, 1.82) is 0 Å². The summed E-state index contributed by atoms with van der Waals surface area (Å²) in [6, 6.07) is 0.676. The van der Waals surface area contributed by atoms with E-state index in [4.69, 9.17) is 4.74 Å². The van der Waals surface area contributed by atoms with E-state index < -0.39 is 0 Å². The number of ether oxygens (including phenoxy) is 1. The molecule has 4 nitrogen and oxygen atoms in total. The molecule has 0 aromatic carbocycles. The summed E-state index contributed by atoms with van der Waals surface area (Å²) in [7, 11) is 1.91. The first-order chi connectivity index (χ1) is 9.26. The van der Waals surface area contributed by atoms with Gasteiger partial charge in [0.15, 0.2) is 5.96 Å². The van der Waals surface area contributed by atoms with Crippen LogP contribution in [0, 0.1) is 11.3 Å². The highest BCUT2D eigenvalue weighted by Crippen LogP contribution is 2.39. The molecule has 1 N–H and O–H groups in total. The molecule has 3 fully saturated rings. The Morgan fingerprint density at radius 3 is 3.05 bits per heavy atom. The lowest BCUT2D eigenvalue weighted by Crippen LogP contribution is -2.42. The molecule has 1 saturated carbocycles. The fourth-order valence-electron chi connectivity index (χ4n) is 3.66. The van der Waals surface area contributed by atoms with Crippen LogP contribution in [0.4, 0.5) is 0 Å². The zero-order valence-electron chi connectivity index (χ0n) is 12.3. The molecule has 3 aliphatic rings. The minimum atomic E-state index is 0.421. The zero-order chi connectivity index (χ0) is 13.3. The molecule has 0 amide bonds. The third kappa shape index (κ3) is 2.73. The topological polar surface area (TPSA) is 36.9 Å². The summed E-state index contributed by atoms with van der Waals surface area (Å²) in [5, 5.41) is 3.66. The Hall–Kier alpha value is -0.770. The second-order valence-corrected chi connectivity index (χ2v) is 6.56. The van der Waals surface area contributed by atoms with Gasteiger partial charge in [-0.05, 0) is 31.6 Å². The van der Waals surface area contributed by atoms with Gasteiger partial charge >= 0.3 is 0 Å². The summed E-state index contributed by atoms with van der Waals surface area (Å²) in [5.74, 6) is 2.00. The highest BCUT2D eigenvalue weighted by Gasteiger charge is 2.43. The van der Waals surface area contributed by atoms with Crippen LogP contribution >= 0.6 is 0 Å². The van der Waals surface area contributed by atoms with Crippen LogP contribution in [0.2, 0.25) is 0 Å². The van der Waals surface area contributed by atoms with Crippen molar-refractivity contribution in [2.24, 2.45) is 16.3 Å². The summed E-state index contributed by atoms with van der Waals surface area (Å²) in [4.78, 5) is 6.93. The molecule has 108 valence electrons. The minimum absolute atomic E-state index is 0.421. The molecule has 2 heterocycles. The summed E-state index contributed by atoms with van der Waals surface area (Å²) in [6.07, 6.45) is 6.46. The second-order valence-electron chi connectivity index (χ2n) is 6.56. The lowest BCUT2D eigenvalue weighted by molar-refractivity contribution is 0.156. The van der Waals surface area contributed by atoms with Crippen molar-refractivity contribution in [3.63, 3.8) is 0 Å². The van der Waals surface area contributed by atoms with E-state index in [9.17, 15) is 0 Å². The average Bonchev–Trinajstić information content (AvgIpc) is 2.85. The Morgan fingerprint density at radius 2 is 2.37 bits per heavy atom. The Labute approximate surface area is 116 Å². The van der Waals surface area contributed by atoms with Crippen LogP contribution in [-0.4, -0.2) is 50.3 Å². The number of guanidine groups is 1. The third-order valence-electron chi connectivity index (χ3n) is 5.03. The molecule has 4 heteroatoms. The van der Waals surface area contributed by atoms with Crippen LogP contribution in [0.1, 0.15) is 39.0 Å². The molecular formula is C15H27N3O. The Morgan fingerprint density at radius 1 is 1.47 bits per heavy atom. The largest absolute Gasteiger partial charge is 0.381 e. The first kappa shape index (κ1) is 13.2. The maximum Gasteiger partial charge on any atom is 0.193 e. The predicted octanol–water partition coefficient (Wildman–Crippen LogP) is 1.86. The lowest BCUT2D eigenvalue weighted by Gasteiger charge is -2.25. The highest BCUT2D eigenvalue weighted by molar-refractivity contribution is 5.81. The Kier molecular flexibility index (Phi) is 3.70. The zero-order valence-corrected chi connectivity index (χ0v) is 12.3. The smallest absolute Gasteiger partial charge is 0.193 e. The molecule has 3 atom stereocenters. The van der Waals surface area contributed by atoms with Crippen molar-refractivity contribution in [3.8, 4) is 0 Å². The van der Waals surface area contributed by atoms with E-state index in [1.807, 2.05) is 7.05 Å². The highest BCUT2D eigenvalue weighted by atomic mass is 16.5. The first-order valence-electron chi connectivity index (χ1n) is 7.82. The molecule has 1 aliphatic carbocycles. The maximum atomic E-state index is 5.60. The van der Waals surface area contributed by atoms with E-state index in [0.717, 1.165) is 38.2 Å². The number of likely N-dealkylation sites (tertiary alicyclic amines) is 1. The molecule has 19 heavy (non-hydrogen) atoms. The van der Waals surface area contributed by atoms with Crippen LogP contribution in [-0.2, 0) is 4.74 Å². The molecule has 1 spiro atoms. The van der Waals surface area contributed by atoms with Gasteiger partial charge in [-0.2, -0.15) is 0 Å². The van der Waals surface area contributed by atoms with Crippen LogP contribution in [0.25, 0.3) is 0 Å². The van der Waals surface area contributed by atoms with E-state index >= 15 is 0 Å². The number of nitrogens with zero attached hydrogens (tertiary/aromatic N) is 2. The molecule has 0 aromatic heterocycles. The van der Waals surface area contributed by atoms with Gasteiger partial charge in [-0.1, -0.05) is 13.3 Å². The summed E-state index contributed by atoms with van der Waals surface area (Å²) < 4.78 is 5.60. The fraction of sp³-hybridized carbons (Fsp3) is 0.933. The molecule has 2 saturated heterocycles. The summed E-state index contributed by atoms with van der Waals surface area (Å²) >= 11 is 0. The van der Waals surface area contributed by atoms with Gasteiger partial charge in [-0.3, -0.25) is 4.99 Å². The second kappa shape index (κ2) is 5.31. The van der Waals surface area contributed by atoms with E-state index in [2.05, 4.69) is 22.1 Å². The van der Waals surface area contributed by atoms with Crippen LogP contribution in [0.3, 0.4) is 0 Å². The van der Waals surface area contributed by atoms with Crippen molar-refractivity contribution in [2.75, 3.05) is 33.4 Å². The van der Waals surface area contributed by atoms with E-state index in [1.165, 1.54) is 32.1 Å². The molecule has 0 radical (unpaired) electrons.